The predicted octanol–water partition coefficient (Wildman–Crippen LogP) is 11.4. The molecule has 0 spiro atoms. The Morgan fingerprint density at radius 1 is 0.516 bits per heavy atom. The predicted molar refractivity (Wildman–Crippen MR) is 256 cm³/mol. The lowest BCUT2D eigenvalue weighted by Crippen LogP contribution is -2.44. The van der Waals surface area contributed by atoms with Gasteiger partial charge in [-0.15, -0.1) is 0 Å². The molecule has 0 aliphatic carbocycles. The van der Waals surface area contributed by atoms with Gasteiger partial charge in [0.25, 0.3) is 0 Å². The number of nitrogens with zero attached hydrogens (tertiary/aromatic N) is 5. The fraction of sp³-hybridized carbons (Fsp3) is 0.357. The van der Waals surface area contributed by atoms with Crippen LogP contribution in [-0.4, -0.2) is 80.7 Å². The second-order valence-corrected chi connectivity index (χ2v) is 18.4. The van der Waals surface area contributed by atoms with Crippen molar-refractivity contribution in [3.63, 3.8) is 0 Å². The Morgan fingerprint density at radius 3 is 1.48 bits per heavy atom. The Morgan fingerprint density at radius 2 is 0.969 bits per heavy atom. The number of hydrogen-bond acceptors (Lipinski definition) is 5. The van der Waals surface area contributed by atoms with Gasteiger partial charge in [-0.05, 0) is 135 Å². The van der Waals surface area contributed by atoms with E-state index >= 15 is 0 Å². The summed E-state index contributed by atoms with van der Waals surface area (Å²) < 4.78 is 0. The number of rotatable bonds is 11. The number of aromatic amines is 1. The van der Waals surface area contributed by atoms with Crippen LogP contribution < -0.4 is 0 Å². The van der Waals surface area contributed by atoms with Crippen LogP contribution in [0.2, 0.25) is 0 Å². The van der Waals surface area contributed by atoms with Crippen LogP contribution in [-0.2, 0) is 9.59 Å². The highest BCUT2D eigenvalue weighted by Crippen LogP contribution is 2.40. The fourth-order valence-corrected chi connectivity index (χ4v) is 11.1. The molecule has 4 atom stereocenters. The number of imidazole rings is 1. The Balaban J connectivity index is 0.807. The Hall–Kier alpha value is -5.83. The van der Waals surface area contributed by atoms with E-state index in [4.69, 9.17) is 4.98 Å². The maximum Gasteiger partial charge on any atom is 0.245 e. The van der Waals surface area contributed by atoms with Gasteiger partial charge in [0.15, 0.2) is 0 Å². The van der Waals surface area contributed by atoms with Crippen molar-refractivity contribution < 1.29 is 9.59 Å². The molecule has 2 amide bonds. The van der Waals surface area contributed by atoms with Crippen molar-refractivity contribution in [2.45, 2.75) is 88.4 Å². The molecule has 5 heterocycles. The average molecular weight is 850 g/mol. The molecule has 4 fully saturated rings. The van der Waals surface area contributed by atoms with E-state index in [0.717, 1.165) is 152 Å². The number of piperidine rings is 2. The van der Waals surface area contributed by atoms with Crippen molar-refractivity contribution in [2.75, 3.05) is 39.3 Å². The highest BCUT2D eigenvalue weighted by Gasteiger charge is 2.40. The monoisotopic (exact) mass is 849 g/mol. The second kappa shape index (κ2) is 19.1. The van der Waals surface area contributed by atoms with E-state index in [-0.39, 0.29) is 36.0 Å². The van der Waals surface area contributed by atoms with Gasteiger partial charge in [0, 0.05) is 13.1 Å². The molecule has 327 valence electrons. The van der Waals surface area contributed by atoms with E-state index in [1.807, 2.05) is 30.5 Å². The maximum atomic E-state index is 14.5. The first-order valence-corrected chi connectivity index (χ1v) is 23.9. The SMILES string of the molecule is [CH2]c1cc(-c2ccc(-c3ccc(-c4cnc([C@@H]5CCCN5C(=O)[C@@H](c5ccccc5)N5CCCCC5)[nH]4)cc3)cc2)ccc1[C@@H]1CCCN1C(=O)[C@@H](c1ccccc1)N1CCCCC1. The third kappa shape index (κ3) is 8.70. The summed E-state index contributed by atoms with van der Waals surface area (Å²) in [5.41, 5.74) is 10.9. The van der Waals surface area contributed by atoms with Gasteiger partial charge in [0.2, 0.25) is 11.8 Å². The zero-order valence-corrected chi connectivity index (χ0v) is 37.1. The van der Waals surface area contributed by atoms with Gasteiger partial charge in [-0.3, -0.25) is 19.4 Å². The van der Waals surface area contributed by atoms with Gasteiger partial charge in [0.1, 0.15) is 17.9 Å². The van der Waals surface area contributed by atoms with E-state index in [9.17, 15) is 9.59 Å². The molecule has 0 saturated carbocycles. The molecular formula is C56H61N6O2. The minimum absolute atomic E-state index is 0.0346. The number of carbonyl (C=O) groups excluding carboxylic acids is 2. The fourth-order valence-electron chi connectivity index (χ4n) is 11.1. The van der Waals surface area contributed by atoms with Crippen LogP contribution in [0.15, 0.2) is 134 Å². The van der Waals surface area contributed by atoms with Gasteiger partial charge >= 0.3 is 0 Å². The highest BCUT2D eigenvalue weighted by molar-refractivity contribution is 5.85. The van der Waals surface area contributed by atoms with E-state index in [1.165, 1.54) is 12.8 Å². The number of H-pyrrole nitrogens is 1. The molecule has 10 rings (SSSR count). The summed E-state index contributed by atoms with van der Waals surface area (Å²) in [7, 11) is 0. The van der Waals surface area contributed by atoms with E-state index in [1.54, 1.807) is 0 Å². The van der Waals surface area contributed by atoms with Crippen molar-refractivity contribution in [3.8, 4) is 33.5 Å². The second-order valence-electron chi connectivity index (χ2n) is 18.4. The summed E-state index contributed by atoms with van der Waals surface area (Å²) in [5.74, 6) is 1.28. The van der Waals surface area contributed by atoms with Gasteiger partial charge < -0.3 is 14.8 Å². The first-order valence-electron chi connectivity index (χ1n) is 23.9. The molecule has 4 aliphatic heterocycles. The summed E-state index contributed by atoms with van der Waals surface area (Å²) in [6.07, 6.45) is 12.8. The molecule has 1 radical (unpaired) electrons. The number of benzene rings is 5. The standard InChI is InChI=1S/C56H61N6O2/c1-40-38-47(30-31-48(40)50-20-14-36-61(50)55(63)52(45-16-6-2-7-17-45)59-32-10-4-11-33-59)43-24-22-41(23-25-43)42-26-28-44(29-27-42)49-39-57-54(58-49)51-21-15-37-62(51)56(64)53(46-18-8-3-9-19-46)60-34-12-5-13-35-60/h2-3,6-9,16-19,22-31,38-39,50-53H,1,4-5,10-15,20-21,32-37H2,(H,57,58)/t50-,51-,52+,53+/m0/s1. The van der Waals surface area contributed by atoms with Crippen molar-refractivity contribution in [1.29, 1.82) is 0 Å². The first kappa shape index (κ1) is 42.1. The molecule has 4 aliphatic rings. The van der Waals surface area contributed by atoms with E-state index in [0.29, 0.717) is 0 Å². The van der Waals surface area contributed by atoms with Crippen molar-refractivity contribution >= 4 is 11.8 Å². The van der Waals surface area contributed by atoms with Gasteiger partial charge in [-0.1, -0.05) is 140 Å². The number of amides is 2. The van der Waals surface area contributed by atoms with E-state index < -0.39 is 0 Å². The number of hydrogen-bond donors (Lipinski definition) is 1. The molecule has 6 aromatic rings. The van der Waals surface area contributed by atoms with Gasteiger partial charge in [0.05, 0.1) is 24.0 Å². The molecule has 4 saturated heterocycles. The maximum absolute atomic E-state index is 14.5. The normalized spacial score (nSPS) is 20.6. The smallest absolute Gasteiger partial charge is 0.245 e. The third-order valence-electron chi connectivity index (χ3n) is 14.4. The van der Waals surface area contributed by atoms with Crippen LogP contribution in [0, 0.1) is 6.92 Å². The van der Waals surface area contributed by atoms with Crippen LogP contribution in [0.25, 0.3) is 33.5 Å². The minimum Gasteiger partial charge on any atom is -0.340 e. The molecule has 1 N–H and O–H groups in total. The lowest BCUT2D eigenvalue weighted by atomic mass is 9.93. The van der Waals surface area contributed by atoms with E-state index in [2.05, 4.69) is 135 Å². The molecular weight excluding hydrogens is 789 g/mol. The average Bonchev–Trinajstić information content (AvgIpc) is 4.16. The number of likely N-dealkylation sites (tertiary alicyclic amines) is 4. The summed E-state index contributed by atoms with van der Waals surface area (Å²) in [5, 5.41) is 0. The topological polar surface area (TPSA) is 75.8 Å². The van der Waals surface area contributed by atoms with Crippen LogP contribution in [0.5, 0.6) is 0 Å². The van der Waals surface area contributed by atoms with Crippen LogP contribution in [0.1, 0.15) is 116 Å². The highest BCUT2D eigenvalue weighted by atomic mass is 16.2. The zero-order chi connectivity index (χ0) is 43.4. The molecule has 0 bridgehead atoms. The van der Waals surface area contributed by atoms with Gasteiger partial charge in [-0.25, -0.2) is 4.98 Å². The van der Waals surface area contributed by atoms with Crippen LogP contribution >= 0.6 is 0 Å². The summed E-state index contributed by atoms with van der Waals surface area (Å²) in [6, 6.07) is 44.2. The Bertz CT molecular complexity index is 2510. The van der Waals surface area contributed by atoms with Crippen molar-refractivity contribution in [1.82, 2.24) is 29.6 Å². The van der Waals surface area contributed by atoms with Crippen LogP contribution in [0.3, 0.4) is 0 Å². The molecule has 8 heteroatoms. The molecule has 64 heavy (non-hydrogen) atoms. The Kier molecular flexibility index (Phi) is 12.6. The quantitative estimate of drug-likeness (QED) is 0.141. The largest absolute Gasteiger partial charge is 0.340 e. The summed E-state index contributed by atoms with van der Waals surface area (Å²) in [4.78, 5) is 46.4. The third-order valence-corrected chi connectivity index (χ3v) is 14.4. The molecule has 1 aromatic heterocycles. The lowest BCUT2D eigenvalue weighted by molar-refractivity contribution is -0.139. The Labute approximate surface area is 379 Å². The molecule has 8 nitrogen and oxygen atoms in total. The summed E-state index contributed by atoms with van der Waals surface area (Å²) in [6.45, 7) is 9.92. The number of nitrogens with one attached hydrogen (secondary N) is 1. The lowest BCUT2D eigenvalue weighted by Gasteiger charge is -2.38. The minimum atomic E-state index is -0.255. The molecule has 5 aromatic carbocycles. The van der Waals surface area contributed by atoms with Crippen molar-refractivity contribution in [2.24, 2.45) is 0 Å². The molecule has 0 unspecified atom stereocenters. The van der Waals surface area contributed by atoms with Crippen molar-refractivity contribution in [3.05, 3.63) is 169 Å². The zero-order valence-electron chi connectivity index (χ0n) is 37.1. The summed E-state index contributed by atoms with van der Waals surface area (Å²) >= 11 is 0. The number of carbonyl (C=O) groups is 2. The van der Waals surface area contributed by atoms with Crippen LogP contribution in [0.4, 0.5) is 0 Å². The first-order chi connectivity index (χ1) is 31.5. The van der Waals surface area contributed by atoms with Gasteiger partial charge in [-0.2, -0.15) is 0 Å². The number of aromatic nitrogens is 2.